The highest BCUT2D eigenvalue weighted by Gasteiger charge is 2.23. The zero-order chi connectivity index (χ0) is 19.6. The van der Waals surface area contributed by atoms with Crippen LogP contribution in [-0.4, -0.2) is 34.2 Å². The van der Waals surface area contributed by atoms with Crippen molar-refractivity contribution in [1.82, 2.24) is 0 Å². The van der Waals surface area contributed by atoms with Crippen LogP contribution in [0.3, 0.4) is 0 Å². The Hall–Kier alpha value is -2.97. The average molecular weight is 385 g/mol. The van der Waals surface area contributed by atoms with E-state index in [0.29, 0.717) is 17.1 Å². The van der Waals surface area contributed by atoms with Crippen molar-refractivity contribution in [3.05, 3.63) is 54.6 Å². The van der Waals surface area contributed by atoms with Gasteiger partial charge in [0.2, 0.25) is 0 Å². The molecule has 27 heavy (non-hydrogen) atoms. The number of hydrogen-bond donors (Lipinski definition) is 1. The Bertz CT molecular complexity index is 1120. The number of nitrogens with zero attached hydrogens (tertiary/aromatic N) is 3. The van der Waals surface area contributed by atoms with Crippen LogP contribution in [0.15, 0.2) is 69.7 Å². The molecule has 3 rings (SSSR count). The second kappa shape index (κ2) is 7.34. The van der Waals surface area contributed by atoms with Crippen LogP contribution < -0.4 is 9.64 Å². The summed E-state index contributed by atoms with van der Waals surface area (Å²) in [7, 11) is 0.425. The number of methoxy groups -OCH3 is 1. The van der Waals surface area contributed by atoms with Crippen molar-refractivity contribution in [2.24, 2.45) is 10.2 Å². The van der Waals surface area contributed by atoms with Crippen LogP contribution in [-0.2, 0) is 10.1 Å². The Balaban J connectivity index is 2.24. The van der Waals surface area contributed by atoms with E-state index in [2.05, 4.69) is 10.2 Å². The molecule has 0 saturated carbocycles. The highest BCUT2D eigenvalue weighted by atomic mass is 32.2. The van der Waals surface area contributed by atoms with Crippen LogP contribution in [0.1, 0.15) is 0 Å². The number of rotatable bonds is 5. The molecule has 0 heterocycles. The lowest BCUT2D eigenvalue weighted by atomic mass is 10.1. The lowest BCUT2D eigenvalue weighted by Gasteiger charge is -2.19. The first kappa shape index (κ1) is 18.8. The molecule has 0 radical (unpaired) electrons. The molecule has 0 bridgehead atoms. The quantitative estimate of drug-likeness (QED) is 0.513. The summed E-state index contributed by atoms with van der Waals surface area (Å²) >= 11 is 0. The molecule has 140 valence electrons. The van der Waals surface area contributed by atoms with Gasteiger partial charge in [0.15, 0.2) is 0 Å². The molecule has 0 saturated heterocycles. The van der Waals surface area contributed by atoms with Crippen molar-refractivity contribution in [2.75, 3.05) is 26.1 Å². The van der Waals surface area contributed by atoms with Crippen molar-refractivity contribution >= 4 is 38.0 Å². The average Bonchev–Trinajstić information content (AvgIpc) is 2.64. The Morgan fingerprint density at radius 1 is 0.963 bits per heavy atom. The van der Waals surface area contributed by atoms with E-state index in [1.165, 1.54) is 19.2 Å². The van der Waals surface area contributed by atoms with E-state index >= 15 is 0 Å². The first-order valence-corrected chi connectivity index (χ1v) is 9.52. The Kier molecular flexibility index (Phi) is 5.11. The summed E-state index contributed by atoms with van der Waals surface area (Å²) in [5.74, 6) is 0.416. The molecule has 0 aliphatic heterocycles. The molecule has 8 heteroatoms. The second-order valence-electron chi connectivity index (χ2n) is 6.03. The number of fused-ring (bicyclic) bond motifs is 1. The number of azo groups is 1. The van der Waals surface area contributed by atoms with Crippen LogP contribution in [0, 0.1) is 0 Å². The SMILES string of the molecule is COc1ccc(S(=O)(=O)O)c(N=Nc2cccc3ccccc23)c1N(C)C. The summed E-state index contributed by atoms with van der Waals surface area (Å²) < 4.78 is 38.6. The summed E-state index contributed by atoms with van der Waals surface area (Å²) in [6.45, 7) is 0. The van der Waals surface area contributed by atoms with E-state index in [4.69, 9.17) is 4.74 Å². The first-order valence-electron chi connectivity index (χ1n) is 8.08. The van der Waals surface area contributed by atoms with Gasteiger partial charge in [0.05, 0.1) is 12.8 Å². The third-order valence-electron chi connectivity index (χ3n) is 4.05. The number of ether oxygens (including phenoxy) is 1. The maximum atomic E-state index is 11.8. The molecule has 3 aromatic rings. The molecule has 3 aromatic carbocycles. The highest BCUT2D eigenvalue weighted by Crippen LogP contribution is 2.42. The van der Waals surface area contributed by atoms with Gasteiger partial charge in [0.1, 0.15) is 22.0 Å². The molecule has 1 N–H and O–H groups in total. The first-order chi connectivity index (χ1) is 12.8. The third-order valence-corrected chi connectivity index (χ3v) is 4.93. The van der Waals surface area contributed by atoms with Crippen LogP contribution in [0.2, 0.25) is 0 Å². The van der Waals surface area contributed by atoms with Crippen molar-refractivity contribution in [2.45, 2.75) is 4.90 Å². The van der Waals surface area contributed by atoms with E-state index in [1.54, 1.807) is 25.1 Å². The monoisotopic (exact) mass is 385 g/mol. The van der Waals surface area contributed by atoms with Gasteiger partial charge in [-0.2, -0.15) is 8.42 Å². The Morgan fingerprint density at radius 2 is 1.67 bits per heavy atom. The van der Waals surface area contributed by atoms with E-state index in [0.717, 1.165) is 10.8 Å². The third kappa shape index (κ3) is 3.76. The summed E-state index contributed by atoms with van der Waals surface area (Å²) in [5.41, 5.74) is 0.994. The van der Waals surface area contributed by atoms with Crippen molar-refractivity contribution in [3.8, 4) is 5.75 Å². The standard InChI is InChI=1S/C19H19N3O4S/c1-22(2)19-16(26-3)11-12-17(27(23,24)25)18(19)21-20-15-10-6-8-13-7-4-5-9-14(13)15/h4-12H,1-3H3,(H,23,24,25). The summed E-state index contributed by atoms with van der Waals surface area (Å²) in [5, 5.41) is 10.3. The minimum absolute atomic E-state index is 0.00906. The molecule has 0 unspecified atom stereocenters. The maximum absolute atomic E-state index is 11.8. The van der Waals surface area contributed by atoms with Crippen LogP contribution in [0.25, 0.3) is 10.8 Å². The van der Waals surface area contributed by atoms with Gasteiger partial charge in [-0.15, -0.1) is 10.2 Å². The smallest absolute Gasteiger partial charge is 0.296 e. The fourth-order valence-electron chi connectivity index (χ4n) is 2.84. The number of anilines is 1. The fourth-order valence-corrected chi connectivity index (χ4v) is 3.47. The van der Waals surface area contributed by atoms with Crippen molar-refractivity contribution < 1.29 is 17.7 Å². The molecule has 0 aliphatic carbocycles. The van der Waals surface area contributed by atoms with Gasteiger partial charge < -0.3 is 9.64 Å². The lowest BCUT2D eigenvalue weighted by molar-refractivity contribution is 0.415. The molecule has 7 nitrogen and oxygen atoms in total. The van der Waals surface area contributed by atoms with Gasteiger partial charge in [0, 0.05) is 19.5 Å². The van der Waals surface area contributed by atoms with Crippen LogP contribution >= 0.6 is 0 Å². The Morgan fingerprint density at radius 3 is 2.33 bits per heavy atom. The maximum Gasteiger partial charge on any atom is 0.296 e. The fraction of sp³-hybridized carbons (Fsp3) is 0.158. The minimum atomic E-state index is -4.50. The molecule has 0 amide bonds. The van der Waals surface area contributed by atoms with Gasteiger partial charge in [-0.05, 0) is 23.6 Å². The molecule has 0 atom stereocenters. The molecule has 0 fully saturated rings. The highest BCUT2D eigenvalue weighted by molar-refractivity contribution is 7.86. The molecule has 0 aromatic heterocycles. The molecule has 0 aliphatic rings. The summed E-state index contributed by atoms with van der Waals surface area (Å²) in [6.07, 6.45) is 0. The minimum Gasteiger partial charge on any atom is -0.494 e. The van der Waals surface area contributed by atoms with Gasteiger partial charge in [-0.1, -0.05) is 36.4 Å². The largest absolute Gasteiger partial charge is 0.494 e. The summed E-state index contributed by atoms with van der Waals surface area (Å²) in [6, 6.07) is 16.0. The van der Waals surface area contributed by atoms with Crippen LogP contribution in [0.5, 0.6) is 5.75 Å². The molecular weight excluding hydrogens is 366 g/mol. The van der Waals surface area contributed by atoms with Crippen molar-refractivity contribution in [1.29, 1.82) is 0 Å². The van der Waals surface area contributed by atoms with E-state index in [1.807, 2.05) is 36.4 Å². The molecular formula is C19H19N3O4S. The zero-order valence-electron chi connectivity index (χ0n) is 15.1. The predicted octanol–water partition coefficient (Wildman–Crippen LogP) is 4.58. The topological polar surface area (TPSA) is 91.6 Å². The normalized spacial score (nSPS) is 11.9. The Labute approximate surface area is 157 Å². The van der Waals surface area contributed by atoms with Gasteiger partial charge in [-0.25, -0.2) is 0 Å². The number of benzene rings is 3. The lowest BCUT2D eigenvalue weighted by Crippen LogP contribution is -2.12. The van der Waals surface area contributed by atoms with Gasteiger partial charge in [0.25, 0.3) is 10.1 Å². The second-order valence-corrected chi connectivity index (χ2v) is 7.42. The van der Waals surface area contributed by atoms with Crippen LogP contribution in [0.4, 0.5) is 17.1 Å². The van der Waals surface area contributed by atoms with Gasteiger partial charge in [-0.3, -0.25) is 4.55 Å². The van der Waals surface area contributed by atoms with E-state index < -0.39 is 10.1 Å². The van der Waals surface area contributed by atoms with Crippen molar-refractivity contribution in [3.63, 3.8) is 0 Å². The zero-order valence-corrected chi connectivity index (χ0v) is 15.9. The summed E-state index contributed by atoms with van der Waals surface area (Å²) in [4.78, 5) is 1.32. The van der Waals surface area contributed by atoms with E-state index in [9.17, 15) is 13.0 Å². The number of hydrogen-bond acceptors (Lipinski definition) is 6. The predicted molar refractivity (Wildman–Crippen MR) is 105 cm³/mol. The molecule has 0 spiro atoms. The van der Waals surface area contributed by atoms with E-state index in [-0.39, 0.29) is 10.6 Å². The van der Waals surface area contributed by atoms with Gasteiger partial charge >= 0.3 is 0 Å².